The molecular weight excluding hydrogens is 212 g/mol. The van der Waals surface area contributed by atoms with Crippen molar-refractivity contribution < 1.29 is 0 Å². The number of fused-ring (bicyclic) bond motifs is 1. The van der Waals surface area contributed by atoms with Crippen LogP contribution < -0.4 is 0 Å². The summed E-state index contributed by atoms with van der Waals surface area (Å²) in [4.78, 5) is 1.22. The molecule has 2 aliphatic carbocycles. The molecule has 0 aliphatic heterocycles. The maximum absolute atomic E-state index is 5.21. The van der Waals surface area contributed by atoms with E-state index in [1.807, 2.05) is 30.5 Å². The van der Waals surface area contributed by atoms with Gasteiger partial charge in [0.25, 0.3) is 0 Å². The Kier molecular flexibility index (Phi) is 3.96. The van der Waals surface area contributed by atoms with Crippen LogP contribution in [0.1, 0.15) is 31.2 Å². The maximum atomic E-state index is 5.21. The van der Waals surface area contributed by atoms with Gasteiger partial charge in [-0.15, -0.1) is 18.2 Å². The van der Waals surface area contributed by atoms with Gasteiger partial charge in [0.2, 0.25) is 0 Å². The SMILES string of the molecule is C#Cc1cccc(SC)c1.C1CC2CCC12. The molecule has 2 fully saturated rings. The highest BCUT2D eigenvalue weighted by molar-refractivity contribution is 7.98. The highest BCUT2D eigenvalue weighted by Gasteiger charge is 2.37. The Balaban J connectivity index is 0.000000134. The predicted molar refractivity (Wildman–Crippen MR) is 71.6 cm³/mol. The molecule has 84 valence electrons. The molecule has 0 heterocycles. The molecular formula is C15H18S. The first-order valence-corrected chi connectivity index (χ1v) is 7.16. The molecule has 1 aromatic rings. The number of terminal acetylenes is 1. The smallest absolute Gasteiger partial charge is 0.0253 e. The van der Waals surface area contributed by atoms with Crippen LogP contribution in [-0.4, -0.2) is 6.26 Å². The first-order chi connectivity index (χ1) is 7.83. The normalized spacial score (nSPS) is 25.0. The van der Waals surface area contributed by atoms with Gasteiger partial charge in [-0.2, -0.15) is 0 Å². The van der Waals surface area contributed by atoms with Gasteiger partial charge in [-0.1, -0.05) is 12.0 Å². The fourth-order valence-electron chi connectivity index (χ4n) is 2.28. The number of hydrogen-bond donors (Lipinski definition) is 0. The van der Waals surface area contributed by atoms with Crippen LogP contribution in [0, 0.1) is 24.2 Å². The van der Waals surface area contributed by atoms with Crippen molar-refractivity contribution in [2.75, 3.05) is 6.26 Å². The zero-order valence-corrected chi connectivity index (χ0v) is 10.6. The Labute approximate surface area is 103 Å². The Bertz CT molecular complexity index is 371. The topological polar surface area (TPSA) is 0 Å². The van der Waals surface area contributed by atoms with Crippen LogP contribution in [0.4, 0.5) is 0 Å². The van der Waals surface area contributed by atoms with E-state index in [1.54, 1.807) is 37.4 Å². The first kappa shape index (κ1) is 11.6. The van der Waals surface area contributed by atoms with Crippen LogP contribution in [-0.2, 0) is 0 Å². The molecule has 0 aromatic heterocycles. The van der Waals surface area contributed by atoms with Gasteiger partial charge in [0.1, 0.15) is 0 Å². The van der Waals surface area contributed by atoms with Crippen LogP contribution in [0.25, 0.3) is 0 Å². The molecule has 0 saturated heterocycles. The second kappa shape index (κ2) is 5.46. The van der Waals surface area contributed by atoms with E-state index in [0.717, 1.165) is 5.56 Å². The summed E-state index contributed by atoms with van der Waals surface area (Å²) < 4.78 is 0. The minimum absolute atomic E-state index is 0.951. The van der Waals surface area contributed by atoms with Crippen molar-refractivity contribution in [3.63, 3.8) is 0 Å². The van der Waals surface area contributed by atoms with Crippen molar-refractivity contribution in [2.45, 2.75) is 30.6 Å². The van der Waals surface area contributed by atoms with Crippen LogP contribution in [0.5, 0.6) is 0 Å². The van der Waals surface area contributed by atoms with Crippen molar-refractivity contribution in [3.05, 3.63) is 29.8 Å². The maximum Gasteiger partial charge on any atom is 0.0253 e. The highest BCUT2D eigenvalue weighted by atomic mass is 32.2. The van der Waals surface area contributed by atoms with Crippen molar-refractivity contribution in [2.24, 2.45) is 11.8 Å². The van der Waals surface area contributed by atoms with Crippen molar-refractivity contribution in [3.8, 4) is 12.3 Å². The summed E-state index contributed by atoms with van der Waals surface area (Å²) in [5, 5.41) is 0. The molecule has 0 nitrogen and oxygen atoms in total. The fraction of sp³-hybridized carbons (Fsp3) is 0.467. The average molecular weight is 230 g/mol. The van der Waals surface area contributed by atoms with Gasteiger partial charge in [0, 0.05) is 10.5 Å². The summed E-state index contributed by atoms with van der Waals surface area (Å²) in [5.41, 5.74) is 0.951. The van der Waals surface area contributed by atoms with Crippen molar-refractivity contribution >= 4 is 11.8 Å². The van der Waals surface area contributed by atoms with E-state index in [2.05, 4.69) is 5.92 Å². The second-order valence-corrected chi connectivity index (χ2v) is 5.43. The third-order valence-electron chi connectivity index (χ3n) is 3.72. The largest absolute Gasteiger partial charge is 0.130 e. The van der Waals surface area contributed by atoms with Gasteiger partial charge < -0.3 is 0 Å². The molecule has 1 heteroatoms. The minimum Gasteiger partial charge on any atom is -0.130 e. The first-order valence-electron chi connectivity index (χ1n) is 5.94. The van der Waals surface area contributed by atoms with Gasteiger partial charge in [0.15, 0.2) is 0 Å². The third kappa shape index (κ3) is 2.62. The zero-order valence-electron chi connectivity index (χ0n) is 9.78. The predicted octanol–water partition coefficient (Wildman–Crippen LogP) is 4.20. The van der Waals surface area contributed by atoms with Crippen molar-refractivity contribution in [1.82, 2.24) is 0 Å². The summed E-state index contributed by atoms with van der Waals surface area (Å²) in [5.74, 6) is 5.01. The lowest BCUT2D eigenvalue weighted by Gasteiger charge is -2.46. The molecule has 3 rings (SSSR count). The fourth-order valence-corrected chi connectivity index (χ4v) is 2.74. The molecule has 0 spiro atoms. The molecule has 2 aliphatic rings. The Morgan fingerprint density at radius 1 is 1.19 bits per heavy atom. The summed E-state index contributed by atoms with van der Waals surface area (Å²) in [7, 11) is 0. The van der Waals surface area contributed by atoms with Crippen LogP contribution in [0.2, 0.25) is 0 Å². The van der Waals surface area contributed by atoms with Crippen LogP contribution in [0.3, 0.4) is 0 Å². The second-order valence-electron chi connectivity index (χ2n) is 4.55. The lowest BCUT2D eigenvalue weighted by atomic mass is 9.60. The number of rotatable bonds is 1. The molecule has 0 N–H and O–H groups in total. The summed E-state index contributed by atoms with van der Waals surface area (Å²) in [6.07, 6.45) is 13.5. The standard InChI is InChI=1S/C9H8S.C6H10/c1-3-8-5-4-6-9(7-8)10-2;1-2-6-4-3-5(1)6/h1,4-7H,2H3;5-6H,1-4H2. The summed E-state index contributed by atoms with van der Waals surface area (Å²) in [6.45, 7) is 0. The molecule has 0 radical (unpaired) electrons. The molecule has 16 heavy (non-hydrogen) atoms. The van der Waals surface area contributed by atoms with Crippen molar-refractivity contribution in [1.29, 1.82) is 0 Å². The molecule has 2 saturated carbocycles. The van der Waals surface area contributed by atoms with E-state index in [9.17, 15) is 0 Å². The van der Waals surface area contributed by atoms with E-state index in [-0.39, 0.29) is 0 Å². The average Bonchev–Trinajstić information content (AvgIpc) is 2.34. The van der Waals surface area contributed by atoms with E-state index in [0.29, 0.717) is 0 Å². The lowest BCUT2D eigenvalue weighted by Crippen LogP contribution is -2.34. The summed E-state index contributed by atoms with van der Waals surface area (Å²) >= 11 is 1.70. The van der Waals surface area contributed by atoms with E-state index in [1.165, 1.54) is 16.7 Å². The van der Waals surface area contributed by atoms with E-state index < -0.39 is 0 Å². The lowest BCUT2D eigenvalue weighted by molar-refractivity contribution is 0.0548. The van der Waals surface area contributed by atoms with Gasteiger partial charge in [-0.05, 0) is 62.0 Å². The molecule has 0 amide bonds. The number of benzene rings is 1. The van der Waals surface area contributed by atoms with E-state index in [4.69, 9.17) is 6.42 Å². The monoisotopic (exact) mass is 230 g/mol. The Morgan fingerprint density at radius 3 is 2.19 bits per heavy atom. The minimum atomic E-state index is 0.951. The van der Waals surface area contributed by atoms with Gasteiger partial charge >= 0.3 is 0 Å². The van der Waals surface area contributed by atoms with Gasteiger partial charge in [-0.3, -0.25) is 0 Å². The molecule has 0 bridgehead atoms. The molecule has 1 aromatic carbocycles. The quantitative estimate of drug-likeness (QED) is 0.515. The van der Waals surface area contributed by atoms with Gasteiger partial charge in [0.05, 0.1) is 0 Å². The number of thioether (sulfide) groups is 1. The highest BCUT2D eigenvalue weighted by Crippen LogP contribution is 2.49. The third-order valence-corrected chi connectivity index (χ3v) is 4.44. The summed E-state index contributed by atoms with van der Waals surface area (Å²) in [6, 6.07) is 7.96. The van der Waals surface area contributed by atoms with Gasteiger partial charge in [-0.25, -0.2) is 0 Å². The van der Waals surface area contributed by atoms with Crippen LogP contribution >= 0.6 is 11.8 Å². The Hall–Kier alpha value is -0.870. The number of hydrogen-bond acceptors (Lipinski definition) is 1. The van der Waals surface area contributed by atoms with Crippen LogP contribution in [0.15, 0.2) is 29.2 Å². The Morgan fingerprint density at radius 2 is 1.81 bits per heavy atom. The zero-order chi connectivity index (χ0) is 11.4. The molecule has 0 unspecified atom stereocenters. The molecule has 0 atom stereocenters. The van der Waals surface area contributed by atoms with E-state index >= 15 is 0 Å².